The van der Waals surface area contributed by atoms with Crippen molar-refractivity contribution in [3.63, 3.8) is 0 Å². The van der Waals surface area contributed by atoms with E-state index in [-0.39, 0.29) is 5.54 Å². The fraction of sp³-hybridized carbons (Fsp3) is 0.786. The third kappa shape index (κ3) is 4.38. The Kier molecular flexibility index (Phi) is 5.04. The van der Waals surface area contributed by atoms with Crippen molar-refractivity contribution in [3.8, 4) is 0 Å². The number of imidazole rings is 1. The number of nitrogens with zero attached hydrogens (tertiary/aromatic N) is 2. The lowest BCUT2D eigenvalue weighted by molar-refractivity contribution is -0.697. The fourth-order valence-corrected chi connectivity index (χ4v) is 1.82. The van der Waals surface area contributed by atoms with Gasteiger partial charge in [-0.3, -0.25) is 0 Å². The quantitative estimate of drug-likeness (QED) is 0.515. The van der Waals surface area contributed by atoms with E-state index in [9.17, 15) is 0 Å². The smallest absolute Gasteiger partial charge is 0.237 e. The van der Waals surface area contributed by atoms with Crippen LogP contribution in [0.25, 0.3) is 0 Å². The summed E-state index contributed by atoms with van der Waals surface area (Å²) < 4.78 is 4.58. The van der Waals surface area contributed by atoms with E-state index in [1.807, 2.05) is 0 Å². The third-order valence-corrected chi connectivity index (χ3v) is 2.99. The van der Waals surface area contributed by atoms with Crippen molar-refractivity contribution in [2.75, 3.05) is 0 Å². The van der Waals surface area contributed by atoms with Gasteiger partial charge in [-0.2, -0.15) is 0 Å². The molecule has 2 heteroatoms. The molecule has 1 aromatic rings. The molecule has 1 aromatic heterocycles. The number of unbranched alkanes of at least 4 members (excludes halogenated alkanes) is 4. The molecule has 0 amide bonds. The molecule has 1 heterocycles. The van der Waals surface area contributed by atoms with Crippen LogP contribution in [0.3, 0.4) is 0 Å². The van der Waals surface area contributed by atoms with Gasteiger partial charge in [-0.05, 0) is 33.6 Å². The first-order valence-electron chi connectivity index (χ1n) is 6.61. The van der Waals surface area contributed by atoms with Crippen molar-refractivity contribution < 1.29 is 4.57 Å². The summed E-state index contributed by atoms with van der Waals surface area (Å²) in [6.45, 7) is 10.1. The summed E-state index contributed by atoms with van der Waals surface area (Å²) in [5.74, 6) is 0. The zero-order valence-corrected chi connectivity index (χ0v) is 11.4. The SMILES string of the molecule is CCCCCCC[n+]1ccn(C(C)(C)C)c1. The lowest BCUT2D eigenvalue weighted by Crippen LogP contribution is -2.32. The molecule has 0 bridgehead atoms. The monoisotopic (exact) mass is 223 g/mol. The van der Waals surface area contributed by atoms with Crippen molar-refractivity contribution >= 4 is 0 Å². The predicted molar refractivity (Wildman–Crippen MR) is 68.4 cm³/mol. The maximum absolute atomic E-state index is 2.30. The summed E-state index contributed by atoms with van der Waals surface area (Å²) in [6, 6.07) is 0. The van der Waals surface area contributed by atoms with Gasteiger partial charge >= 0.3 is 0 Å². The van der Waals surface area contributed by atoms with Crippen LogP contribution in [0, 0.1) is 0 Å². The van der Waals surface area contributed by atoms with Gasteiger partial charge in [0.1, 0.15) is 17.9 Å². The number of aromatic nitrogens is 2. The highest BCUT2D eigenvalue weighted by Crippen LogP contribution is 2.11. The minimum Gasteiger partial charge on any atom is -0.237 e. The van der Waals surface area contributed by atoms with Crippen LogP contribution in [0.5, 0.6) is 0 Å². The molecule has 0 saturated heterocycles. The molecule has 1 rings (SSSR count). The molecule has 0 aliphatic heterocycles. The fourth-order valence-electron chi connectivity index (χ4n) is 1.82. The van der Waals surface area contributed by atoms with Crippen LogP contribution in [-0.2, 0) is 12.1 Å². The van der Waals surface area contributed by atoms with Crippen LogP contribution >= 0.6 is 0 Å². The molecule has 0 aromatic carbocycles. The summed E-state index contributed by atoms with van der Waals surface area (Å²) >= 11 is 0. The average Bonchev–Trinajstić information content (AvgIpc) is 2.65. The molecule has 0 saturated carbocycles. The van der Waals surface area contributed by atoms with E-state index in [1.54, 1.807) is 0 Å². The van der Waals surface area contributed by atoms with Crippen molar-refractivity contribution in [1.82, 2.24) is 4.57 Å². The van der Waals surface area contributed by atoms with E-state index in [4.69, 9.17) is 0 Å². The van der Waals surface area contributed by atoms with E-state index in [0.29, 0.717) is 0 Å². The predicted octanol–water partition coefficient (Wildman–Crippen LogP) is 3.50. The summed E-state index contributed by atoms with van der Waals surface area (Å²) in [5, 5.41) is 0. The Morgan fingerprint density at radius 2 is 1.75 bits per heavy atom. The van der Waals surface area contributed by atoms with E-state index >= 15 is 0 Å². The molecule has 0 aliphatic carbocycles. The zero-order chi connectivity index (χ0) is 12.0. The molecular formula is C14H27N2+. The second-order valence-corrected chi connectivity index (χ2v) is 5.64. The largest absolute Gasteiger partial charge is 0.244 e. The summed E-state index contributed by atoms with van der Waals surface area (Å²) in [5.41, 5.74) is 0.202. The topological polar surface area (TPSA) is 8.81 Å². The van der Waals surface area contributed by atoms with Gasteiger partial charge in [0.15, 0.2) is 0 Å². The van der Waals surface area contributed by atoms with Crippen molar-refractivity contribution in [1.29, 1.82) is 0 Å². The van der Waals surface area contributed by atoms with Gasteiger partial charge in [-0.15, -0.1) is 0 Å². The van der Waals surface area contributed by atoms with E-state index in [0.717, 1.165) is 6.54 Å². The molecular weight excluding hydrogens is 196 g/mol. The van der Waals surface area contributed by atoms with Crippen LogP contribution in [0.2, 0.25) is 0 Å². The number of hydrogen-bond donors (Lipinski definition) is 0. The first kappa shape index (κ1) is 13.3. The number of hydrogen-bond acceptors (Lipinski definition) is 0. The van der Waals surface area contributed by atoms with Gasteiger partial charge in [-0.25, -0.2) is 9.13 Å². The Bertz CT molecular complexity index is 294. The van der Waals surface area contributed by atoms with Crippen LogP contribution in [0.1, 0.15) is 59.8 Å². The minimum absolute atomic E-state index is 0.202. The summed E-state index contributed by atoms with van der Waals surface area (Å²) in [6.07, 6.45) is 13.3. The van der Waals surface area contributed by atoms with E-state index in [2.05, 4.69) is 55.6 Å². The Balaban J connectivity index is 2.30. The lowest BCUT2D eigenvalue weighted by atomic mass is 10.1. The molecule has 0 N–H and O–H groups in total. The van der Waals surface area contributed by atoms with Gasteiger partial charge in [0.2, 0.25) is 6.33 Å². The second kappa shape index (κ2) is 6.07. The van der Waals surface area contributed by atoms with Gasteiger partial charge < -0.3 is 0 Å². The standard InChI is InChI=1S/C14H27N2/c1-5-6-7-8-9-10-15-11-12-16(13-15)14(2,3)4/h11-13H,5-10H2,1-4H3/q+1. The maximum Gasteiger partial charge on any atom is 0.244 e. The minimum atomic E-state index is 0.202. The first-order valence-corrected chi connectivity index (χ1v) is 6.61. The second-order valence-electron chi connectivity index (χ2n) is 5.64. The molecule has 0 spiro atoms. The third-order valence-electron chi connectivity index (χ3n) is 2.99. The van der Waals surface area contributed by atoms with E-state index < -0.39 is 0 Å². The van der Waals surface area contributed by atoms with E-state index in [1.165, 1.54) is 32.1 Å². The zero-order valence-electron chi connectivity index (χ0n) is 11.4. The Morgan fingerprint density at radius 3 is 2.31 bits per heavy atom. The van der Waals surface area contributed by atoms with Crippen molar-refractivity contribution in [2.24, 2.45) is 0 Å². The number of aryl methyl sites for hydroxylation is 1. The average molecular weight is 223 g/mol. The van der Waals surface area contributed by atoms with Gasteiger partial charge in [0.05, 0.1) is 6.54 Å². The van der Waals surface area contributed by atoms with Crippen molar-refractivity contribution in [2.45, 2.75) is 71.9 Å². The van der Waals surface area contributed by atoms with Gasteiger partial charge in [-0.1, -0.05) is 26.2 Å². The molecule has 2 nitrogen and oxygen atoms in total. The molecule has 0 unspecified atom stereocenters. The number of rotatable bonds is 6. The first-order chi connectivity index (χ1) is 7.54. The van der Waals surface area contributed by atoms with Gasteiger partial charge in [0.25, 0.3) is 0 Å². The summed E-state index contributed by atoms with van der Waals surface area (Å²) in [4.78, 5) is 0. The van der Waals surface area contributed by atoms with Crippen LogP contribution in [0.4, 0.5) is 0 Å². The molecule has 0 radical (unpaired) electrons. The molecule has 0 atom stereocenters. The lowest BCUT2D eigenvalue weighted by Gasteiger charge is -2.13. The van der Waals surface area contributed by atoms with Crippen molar-refractivity contribution in [3.05, 3.63) is 18.7 Å². The normalized spacial score (nSPS) is 12.0. The maximum atomic E-state index is 2.30. The molecule has 0 aliphatic rings. The molecule has 16 heavy (non-hydrogen) atoms. The Morgan fingerprint density at radius 1 is 1.06 bits per heavy atom. The van der Waals surface area contributed by atoms with Crippen LogP contribution < -0.4 is 4.57 Å². The highest BCUT2D eigenvalue weighted by atomic mass is 15.1. The van der Waals surface area contributed by atoms with Crippen LogP contribution in [-0.4, -0.2) is 4.57 Å². The summed E-state index contributed by atoms with van der Waals surface area (Å²) in [7, 11) is 0. The highest BCUT2D eigenvalue weighted by molar-refractivity contribution is 4.78. The molecule has 92 valence electrons. The van der Waals surface area contributed by atoms with Gasteiger partial charge in [0, 0.05) is 0 Å². The Hall–Kier alpha value is -0.790. The molecule has 0 fully saturated rings. The highest BCUT2D eigenvalue weighted by Gasteiger charge is 2.18. The Labute approximate surface area is 100 Å². The van der Waals surface area contributed by atoms with Crippen LogP contribution in [0.15, 0.2) is 18.7 Å².